The van der Waals surface area contributed by atoms with Gasteiger partial charge in [0.1, 0.15) is 17.3 Å². The molecule has 0 aliphatic carbocycles. The van der Waals surface area contributed by atoms with Gasteiger partial charge in [-0.2, -0.15) is 5.10 Å². The first-order chi connectivity index (χ1) is 18.1. The third-order valence-electron chi connectivity index (χ3n) is 6.34. The van der Waals surface area contributed by atoms with Gasteiger partial charge in [-0.15, -0.1) is 0 Å². The number of aromatic amines is 2. The molecule has 0 bridgehead atoms. The van der Waals surface area contributed by atoms with Gasteiger partial charge in [0.05, 0.1) is 41.9 Å². The number of benzene rings is 1. The van der Waals surface area contributed by atoms with Crippen LogP contribution in [0.5, 0.6) is 5.75 Å². The fraction of sp³-hybridized carbons (Fsp3) is 0.143. The first-order valence-electron chi connectivity index (χ1n) is 11.9. The molecule has 8 nitrogen and oxygen atoms in total. The number of aromatic nitrogens is 6. The van der Waals surface area contributed by atoms with Crippen LogP contribution in [0, 0.1) is 5.82 Å². The largest absolute Gasteiger partial charge is 0.497 e. The number of pyridine rings is 3. The molecule has 6 rings (SSSR count). The van der Waals surface area contributed by atoms with E-state index in [4.69, 9.17) is 4.74 Å². The molecule has 3 N–H and O–H groups in total. The lowest BCUT2D eigenvalue weighted by molar-refractivity contribution is 0.411. The van der Waals surface area contributed by atoms with E-state index in [-0.39, 0.29) is 5.82 Å². The van der Waals surface area contributed by atoms with Crippen LogP contribution in [0.4, 0.5) is 4.39 Å². The minimum atomic E-state index is -0.371. The fourth-order valence-corrected chi connectivity index (χ4v) is 4.52. The van der Waals surface area contributed by atoms with Gasteiger partial charge in [-0.3, -0.25) is 20.1 Å². The molecule has 6 aromatic rings. The van der Waals surface area contributed by atoms with Crippen molar-refractivity contribution in [1.29, 1.82) is 0 Å². The van der Waals surface area contributed by atoms with E-state index in [1.807, 2.05) is 24.5 Å². The van der Waals surface area contributed by atoms with E-state index in [0.717, 1.165) is 68.7 Å². The highest BCUT2D eigenvalue weighted by Crippen LogP contribution is 2.35. The van der Waals surface area contributed by atoms with Crippen molar-refractivity contribution in [3.8, 4) is 39.5 Å². The van der Waals surface area contributed by atoms with Gasteiger partial charge in [-0.1, -0.05) is 6.92 Å². The Balaban J connectivity index is 1.43. The summed E-state index contributed by atoms with van der Waals surface area (Å²) >= 11 is 0. The Labute approximate surface area is 212 Å². The summed E-state index contributed by atoms with van der Waals surface area (Å²) in [6.07, 6.45) is 8.94. The van der Waals surface area contributed by atoms with E-state index in [2.05, 4.69) is 48.4 Å². The van der Waals surface area contributed by atoms with Crippen molar-refractivity contribution in [3.63, 3.8) is 0 Å². The molecule has 0 saturated carbocycles. The van der Waals surface area contributed by atoms with Crippen molar-refractivity contribution >= 4 is 21.8 Å². The average molecular weight is 494 g/mol. The zero-order valence-electron chi connectivity index (χ0n) is 20.3. The summed E-state index contributed by atoms with van der Waals surface area (Å²) in [7, 11) is 1.52. The van der Waals surface area contributed by atoms with Crippen LogP contribution in [-0.2, 0) is 6.54 Å². The lowest BCUT2D eigenvalue weighted by Crippen LogP contribution is -2.11. The molecule has 0 spiro atoms. The number of fused-ring (bicyclic) bond motifs is 2. The second-order valence-electron chi connectivity index (χ2n) is 8.76. The first-order valence-corrected chi connectivity index (χ1v) is 11.9. The van der Waals surface area contributed by atoms with Crippen molar-refractivity contribution in [2.45, 2.75) is 13.5 Å². The number of nitrogens with zero attached hydrogens (tertiary/aromatic N) is 4. The van der Waals surface area contributed by atoms with E-state index in [1.165, 1.54) is 19.2 Å². The van der Waals surface area contributed by atoms with Gasteiger partial charge in [0.15, 0.2) is 0 Å². The molecule has 0 unspecified atom stereocenters. The van der Waals surface area contributed by atoms with Gasteiger partial charge in [-0.05, 0) is 48.0 Å². The van der Waals surface area contributed by atoms with Crippen LogP contribution >= 0.6 is 0 Å². The monoisotopic (exact) mass is 493 g/mol. The van der Waals surface area contributed by atoms with E-state index >= 15 is 0 Å². The lowest BCUT2D eigenvalue weighted by Gasteiger charge is -2.06. The number of hydrogen-bond acceptors (Lipinski definition) is 6. The van der Waals surface area contributed by atoms with Crippen molar-refractivity contribution < 1.29 is 9.13 Å². The zero-order chi connectivity index (χ0) is 25.4. The third kappa shape index (κ3) is 4.30. The third-order valence-corrected chi connectivity index (χ3v) is 6.34. The molecule has 37 heavy (non-hydrogen) atoms. The van der Waals surface area contributed by atoms with Crippen LogP contribution in [0.2, 0.25) is 0 Å². The van der Waals surface area contributed by atoms with E-state index < -0.39 is 0 Å². The molecular formula is C28H24FN7O. The SMILES string of the molecule is CCNCc1cncc(-c2cc3c(-c4cc5c(-c6cc(F)cc(OC)c6)cncc5[nH]4)n[nH]c3cn2)c1. The Bertz CT molecular complexity index is 1740. The van der Waals surface area contributed by atoms with Crippen molar-refractivity contribution in [1.82, 2.24) is 35.5 Å². The number of ether oxygens (including phenoxy) is 1. The number of hydrogen-bond donors (Lipinski definition) is 3. The molecule has 184 valence electrons. The fourth-order valence-electron chi connectivity index (χ4n) is 4.52. The summed E-state index contributed by atoms with van der Waals surface area (Å²) in [5, 5.41) is 12.8. The minimum Gasteiger partial charge on any atom is -0.497 e. The van der Waals surface area contributed by atoms with Gasteiger partial charge in [-0.25, -0.2) is 4.39 Å². The van der Waals surface area contributed by atoms with E-state index in [9.17, 15) is 4.39 Å². The van der Waals surface area contributed by atoms with Crippen LogP contribution in [-0.4, -0.2) is 43.8 Å². The quantitative estimate of drug-likeness (QED) is 0.272. The number of H-pyrrole nitrogens is 2. The van der Waals surface area contributed by atoms with Gasteiger partial charge in [0, 0.05) is 53.1 Å². The molecule has 9 heteroatoms. The van der Waals surface area contributed by atoms with E-state index in [1.54, 1.807) is 24.7 Å². The predicted molar refractivity (Wildman–Crippen MR) is 142 cm³/mol. The molecule has 0 saturated heterocycles. The number of rotatable bonds is 7. The Morgan fingerprint density at radius 2 is 1.78 bits per heavy atom. The Morgan fingerprint density at radius 3 is 2.65 bits per heavy atom. The number of halogens is 1. The van der Waals surface area contributed by atoms with Crippen LogP contribution in [0.25, 0.3) is 55.6 Å². The summed E-state index contributed by atoms with van der Waals surface area (Å²) in [5.41, 5.74) is 7.54. The van der Waals surface area contributed by atoms with Crippen LogP contribution in [0.1, 0.15) is 12.5 Å². The number of nitrogens with one attached hydrogen (secondary N) is 3. The maximum Gasteiger partial charge on any atom is 0.127 e. The van der Waals surface area contributed by atoms with Crippen LogP contribution in [0.3, 0.4) is 0 Å². The van der Waals surface area contributed by atoms with Crippen molar-refractivity contribution in [2.24, 2.45) is 0 Å². The summed E-state index contributed by atoms with van der Waals surface area (Å²) < 4.78 is 19.5. The molecule has 5 aromatic heterocycles. The van der Waals surface area contributed by atoms with Crippen molar-refractivity contribution in [3.05, 3.63) is 78.8 Å². The highest BCUT2D eigenvalue weighted by Gasteiger charge is 2.16. The second-order valence-corrected chi connectivity index (χ2v) is 8.76. The summed E-state index contributed by atoms with van der Waals surface area (Å²) in [4.78, 5) is 16.8. The molecule has 1 aromatic carbocycles. The Hall–Kier alpha value is -4.63. The van der Waals surface area contributed by atoms with E-state index in [0.29, 0.717) is 11.3 Å². The van der Waals surface area contributed by atoms with Crippen molar-refractivity contribution in [2.75, 3.05) is 13.7 Å². The number of methoxy groups -OCH3 is 1. The van der Waals surface area contributed by atoms with Crippen LogP contribution in [0.15, 0.2) is 67.4 Å². The molecule has 0 aliphatic heterocycles. The standard InChI is InChI=1S/C28H24FN7O/c1-3-30-10-16-4-18(12-31-11-16)24-9-22-27(15-33-24)35-36-28(22)25-8-21-23(13-32-14-26(21)34-25)17-5-19(29)7-20(6-17)37-2/h4-9,11-15,30,34H,3,10H2,1-2H3,(H,35,36). The molecule has 0 fully saturated rings. The smallest absolute Gasteiger partial charge is 0.127 e. The summed E-state index contributed by atoms with van der Waals surface area (Å²) in [5.74, 6) is 0.0783. The highest BCUT2D eigenvalue weighted by atomic mass is 19.1. The molecular weight excluding hydrogens is 469 g/mol. The topological polar surface area (TPSA) is 104 Å². The molecule has 5 heterocycles. The highest BCUT2D eigenvalue weighted by molar-refractivity contribution is 6.01. The maximum absolute atomic E-state index is 14.2. The van der Waals surface area contributed by atoms with Gasteiger partial charge in [0.2, 0.25) is 0 Å². The lowest BCUT2D eigenvalue weighted by atomic mass is 10.0. The normalized spacial score (nSPS) is 11.4. The average Bonchev–Trinajstić information content (AvgIpc) is 3.55. The molecule has 0 amide bonds. The van der Waals surface area contributed by atoms with Crippen LogP contribution < -0.4 is 10.1 Å². The summed E-state index contributed by atoms with van der Waals surface area (Å²) in [6.45, 7) is 3.71. The Kier molecular flexibility index (Phi) is 5.82. The first kappa shape index (κ1) is 22.8. The molecule has 0 aliphatic rings. The second kappa shape index (κ2) is 9.44. The van der Waals surface area contributed by atoms with Gasteiger partial charge in [0.25, 0.3) is 0 Å². The summed E-state index contributed by atoms with van der Waals surface area (Å²) in [6, 6.07) is 10.8. The molecule has 0 radical (unpaired) electrons. The minimum absolute atomic E-state index is 0.371. The maximum atomic E-state index is 14.2. The zero-order valence-corrected chi connectivity index (χ0v) is 20.3. The molecule has 0 atom stereocenters. The van der Waals surface area contributed by atoms with Gasteiger partial charge < -0.3 is 15.0 Å². The Morgan fingerprint density at radius 1 is 0.892 bits per heavy atom. The predicted octanol–water partition coefficient (Wildman–Crippen LogP) is 5.49. The van der Waals surface area contributed by atoms with Gasteiger partial charge >= 0.3 is 0 Å².